The molecule has 0 spiro atoms. The predicted molar refractivity (Wildman–Crippen MR) is 142 cm³/mol. The topological polar surface area (TPSA) is 99.0 Å². The molecule has 0 aliphatic carbocycles. The van der Waals surface area contributed by atoms with E-state index in [1.165, 1.54) is 12.0 Å². The van der Waals surface area contributed by atoms with Crippen molar-refractivity contribution in [2.75, 3.05) is 13.7 Å². The summed E-state index contributed by atoms with van der Waals surface area (Å²) in [6.45, 7) is 5.06. The molecule has 1 saturated heterocycles. The fourth-order valence-electron chi connectivity index (χ4n) is 5.49. The zero-order chi connectivity index (χ0) is 27.4. The molecule has 0 aromatic heterocycles. The first kappa shape index (κ1) is 26.9. The largest absolute Gasteiger partial charge is 0.497 e. The van der Waals surface area contributed by atoms with Crippen LogP contribution in [0.3, 0.4) is 0 Å². The van der Waals surface area contributed by atoms with Gasteiger partial charge in [0.15, 0.2) is 5.60 Å². The number of carbonyl (C=O) groups is 2. The minimum absolute atomic E-state index is 0.187. The molecule has 0 unspecified atom stereocenters. The second-order valence-corrected chi connectivity index (χ2v) is 9.92. The van der Waals surface area contributed by atoms with Crippen molar-refractivity contribution in [2.24, 2.45) is 11.8 Å². The van der Waals surface area contributed by atoms with Gasteiger partial charge in [-0.25, -0.2) is 9.69 Å². The number of rotatable bonds is 9. The van der Waals surface area contributed by atoms with Gasteiger partial charge in [-0.2, -0.15) is 0 Å². The predicted octanol–water partition coefficient (Wildman–Crippen LogP) is 5.64. The molecule has 0 radical (unpaired) electrons. The smallest absolute Gasteiger partial charge is 0.418 e. The summed E-state index contributed by atoms with van der Waals surface area (Å²) in [4.78, 5) is 40.1. The maximum Gasteiger partial charge on any atom is 0.418 e. The molecule has 1 aliphatic rings. The average molecular weight is 517 g/mol. The summed E-state index contributed by atoms with van der Waals surface area (Å²) in [7, 11) is 1.53. The zero-order valence-electron chi connectivity index (χ0n) is 21.9. The summed E-state index contributed by atoms with van der Waals surface area (Å²) in [5.74, 6) is -1.72. The number of nitrogens with zero attached hydrogens (tertiary/aromatic N) is 2. The van der Waals surface area contributed by atoms with Crippen molar-refractivity contribution in [1.82, 2.24) is 4.90 Å². The molecule has 0 saturated carbocycles. The molecule has 0 N–H and O–H groups in total. The monoisotopic (exact) mass is 516 g/mol. The third-order valence-corrected chi connectivity index (χ3v) is 7.30. The summed E-state index contributed by atoms with van der Waals surface area (Å²) in [5.41, 5.74) is 0.882. The van der Waals surface area contributed by atoms with E-state index in [0.717, 1.165) is 11.1 Å². The highest BCUT2D eigenvalue weighted by molar-refractivity contribution is 5.96. The number of imide groups is 1. The number of benzene rings is 3. The Morgan fingerprint density at radius 3 is 1.95 bits per heavy atom. The molecular formula is C30H32N2O6. The third kappa shape index (κ3) is 4.86. The van der Waals surface area contributed by atoms with Gasteiger partial charge in [0.1, 0.15) is 5.75 Å². The molecule has 1 aliphatic heterocycles. The van der Waals surface area contributed by atoms with E-state index in [2.05, 4.69) is 0 Å². The summed E-state index contributed by atoms with van der Waals surface area (Å²) < 4.78 is 11.4. The van der Waals surface area contributed by atoms with Crippen LogP contribution in [0.5, 0.6) is 5.75 Å². The van der Waals surface area contributed by atoms with Gasteiger partial charge >= 0.3 is 6.09 Å². The van der Waals surface area contributed by atoms with Crippen LogP contribution in [0, 0.1) is 22.0 Å². The molecule has 2 amide bonds. The van der Waals surface area contributed by atoms with E-state index >= 15 is 0 Å². The molecule has 8 nitrogen and oxygen atoms in total. The molecule has 3 atom stereocenters. The van der Waals surface area contributed by atoms with E-state index in [-0.39, 0.29) is 5.92 Å². The fraction of sp³-hybridized carbons (Fsp3) is 0.333. The van der Waals surface area contributed by atoms with Gasteiger partial charge in [0.05, 0.1) is 19.1 Å². The Morgan fingerprint density at radius 2 is 1.50 bits per heavy atom. The first-order valence-electron chi connectivity index (χ1n) is 12.6. The summed E-state index contributed by atoms with van der Waals surface area (Å²) in [6, 6.07) is 25.0. The van der Waals surface area contributed by atoms with Crippen molar-refractivity contribution in [3.8, 4) is 5.75 Å². The van der Waals surface area contributed by atoms with Gasteiger partial charge in [0, 0.05) is 22.0 Å². The van der Waals surface area contributed by atoms with Crippen LogP contribution >= 0.6 is 0 Å². The highest BCUT2D eigenvalue weighted by atomic mass is 16.6. The Bertz CT molecular complexity index is 1240. The normalized spacial score (nSPS) is 18.1. The number of hydrogen-bond acceptors (Lipinski definition) is 6. The molecular weight excluding hydrogens is 484 g/mol. The molecule has 4 rings (SSSR count). The van der Waals surface area contributed by atoms with Crippen LogP contribution in [0.2, 0.25) is 0 Å². The van der Waals surface area contributed by atoms with Gasteiger partial charge in [-0.15, -0.1) is 0 Å². The highest BCUT2D eigenvalue weighted by Crippen LogP contribution is 2.48. The number of cyclic esters (lactones) is 1. The van der Waals surface area contributed by atoms with Crippen LogP contribution in [-0.4, -0.2) is 41.5 Å². The maximum atomic E-state index is 14.1. The van der Waals surface area contributed by atoms with Crippen LogP contribution < -0.4 is 4.74 Å². The van der Waals surface area contributed by atoms with Gasteiger partial charge < -0.3 is 9.47 Å². The van der Waals surface area contributed by atoms with Gasteiger partial charge in [-0.3, -0.25) is 14.9 Å². The molecule has 3 aromatic carbocycles. The van der Waals surface area contributed by atoms with Crippen molar-refractivity contribution in [3.05, 3.63) is 112 Å². The first-order valence-corrected chi connectivity index (χ1v) is 12.6. The summed E-state index contributed by atoms with van der Waals surface area (Å²) in [5, 5.41) is 11.6. The van der Waals surface area contributed by atoms with Crippen LogP contribution in [0.1, 0.15) is 43.4 Å². The zero-order valence-corrected chi connectivity index (χ0v) is 21.9. The van der Waals surface area contributed by atoms with Crippen molar-refractivity contribution in [3.63, 3.8) is 0 Å². The Hall–Kier alpha value is -4.20. The lowest BCUT2D eigenvalue weighted by atomic mass is 9.75. The molecule has 38 heavy (non-hydrogen) atoms. The third-order valence-electron chi connectivity index (χ3n) is 7.30. The average Bonchev–Trinajstić information content (AvgIpc) is 3.26. The lowest BCUT2D eigenvalue weighted by Gasteiger charge is -2.38. The van der Waals surface area contributed by atoms with Gasteiger partial charge in [0.25, 0.3) is 0 Å². The molecule has 3 aromatic rings. The van der Waals surface area contributed by atoms with Crippen molar-refractivity contribution < 1.29 is 24.0 Å². The summed E-state index contributed by atoms with van der Waals surface area (Å²) >= 11 is 0. The standard InChI is InChI=1S/C30H32N2O6/c1-20(2)27-30(23-11-7-5-8-12-23,24-13-9-6-10-14-24)38-29(34)32(27)28(33)21(3)26(19-31(35)36)22-15-17-25(37-4)18-16-22/h5-18,20-21,26-27H,19H2,1-4H3/t21-,26+,27+/m1/s1. The molecule has 0 bridgehead atoms. The minimum Gasteiger partial charge on any atom is -0.497 e. The van der Waals surface area contributed by atoms with E-state index in [4.69, 9.17) is 9.47 Å². The van der Waals surface area contributed by atoms with Crippen molar-refractivity contribution in [2.45, 2.75) is 38.3 Å². The Kier molecular flexibility index (Phi) is 7.80. The molecule has 1 fully saturated rings. The molecule has 8 heteroatoms. The fourth-order valence-corrected chi connectivity index (χ4v) is 5.49. The van der Waals surface area contributed by atoms with Crippen LogP contribution in [0.25, 0.3) is 0 Å². The molecule has 198 valence electrons. The number of hydrogen-bond donors (Lipinski definition) is 0. The van der Waals surface area contributed by atoms with Gasteiger partial charge in [0.2, 0.25) is 12.5 Å². The van der Waals surface area contributed by atoms with E-state index in [0.29, 0.717) is 11.3 Å². The second-order valence-electron chi connectivity index (χ2n) is 9.92. The number of methoxy groups -OCH3 is 1. The lowest BCUT2D eigenvalue weighted by Crippen LogP contribution is -2.51. The number of carbonyl (C=O) groups excluding carboxylic acids is 2. The van der Waals surface area contributed by atoms with E-state index < -0.39 is 46.9 Å². The van der Waals surface area contributed by atoms with E-state index in [1.807, 2.05) is 74.5 Å². The second kappa shape index (κ2) is 11.0. The molecule has 1 heterocycles. The highest BCUT2D eigenvalue weighted by Gasteiger charge is 2.60. The van der Waals surface area contributed by atoms with Crippen LogP contribution in [-0.2, 0) is 15.1 Å². The minimum atomic E-state index is -1.23. The quantitative estimate of drug-likeness (QED) is 0.270. The first-order chi connectivity index (χ1) is 18.2. The SMILES string of the molecule is COc1ccc([C@@H](C[N+](=O)[O-])[C@@H](C)C(=O)N2C(=O)OC(c3ccccc3)(c3ccccc3)[C@@H]2C(C)C)cc1. The van der Waals surface area contributed by atoms with Gasteiger partial charge in [-0.05, 0) is 23.6 Å². The van der Waals surface area contributed by atoms with E-state index in [1.54, 1.807) is 31.2 Å². The van der Waals surface area contributed by atoms with Crippen LogP contribution in [0.15, 0.2) is 84.9 Å². The lowest BCUT2D eigenvalue weighted by molar-refractivity contribution is -0.484. The van der Waals surface area contributed by atoms with Crippen LogP contribution in [0.4, 0.5) is 4.79 Å². The number of amides is 2. The number of ether oxygens (including phenoxy) is 2. The van der Waals surface area contributed by atoms with Crippen molar-refractivity contribution in [1.29, 1.82) is 0 Å². The Morgan fingerprint density at radius 1 is 0.974 bits per heavy atom. The number of nitro groups is 1. The van der Waals surface area contributed by atoms with Crippen molar-refractivity contribution >= 4 is 12.0 Å². The summed E-state index contributed by atoms with van der Waals surface area (Å²) in [6.07, 6.45) is -0.761. The maximum absolute atomic E-state index is 14.1. The Balaban J connectivity index is 1.80. The Labute approximate surface area is 222 Å². The van der Waals surface area contributed by atoms with E-state index in [9.17, 15) is 19.7 Å². The van der Waals surface area contributed by atoms with Gasteiger partial charge in [-0.1, -0.05) is 93.6 Å².